The molecular formula is C14H21N3O. The van der Waals surface area contributed by atoms with E-state index in [-0.39, 0.29) is 6.03 Å². The van der Waals surface area contributed by atoms with Gasteiger partial charge in [0.1, 0.15) is 0 Å². The van der Waals surface area contributed by atoms with Crippen molar-refractivity contribution in [2.24, 2.45) is 0 Å². The highest BCUT2D eigenvalue weighted by Crippen LogP contribution is 2.07. The highest BCUT2D eigenvalue weighted by atomic mass is 16.2. The zero-order valence-electron chi connectivity index (χ0n) is 10.6. The van der Waals surface area contributed by atoms with Crippen LogP contribution < -0.4 is 16.0 Å². The van der Waals surface area contributed by atoms with Crippen molar-refractivity contribution in [3.05, 3.63) is 35.9 Å². The highest BCUT2D eigenvalue weighted by Gasteiger charge is 2.13. The Labute approximate surface area is 108 Å². The van der Waals surface area contributed by atoms with Crippen LogP contribution in [-0.2, 0) is 6.54 Å². The molecule has 0 unspecified atom stereocenters. The predicted octanol–water partition coefficient (Wildman–Crippen LogP) is 1.63. The molecule has 18 heavy (non-hydrogen) atoms. The van der Waals surface area contributed by atoms with Crippen molar-refractivity contribution in [2.75, 3.05) is 13.1 Å². The van der Waals surface area contributed by atoms with E-state index in [1.54, 1.807) is 0 Å². The molecule has 1 aliphatic heterocycles. The van der Waals surface area contributed by atoms with Crippen molar-refractivity contribution in [1.82, 2.24) is 16.0 Å². The predicted molar refractivity (Wildman–Crippen MR) is 72.3 cm³/mol. The SMILES string of the molecule is O=C(NCC[C@H]1CCCN1)NCc1ccccc1. The largest absolute Gasteiger partial charge is 0.338 e. The summed E-state index contributed by atoms with van der Waals surface area (Å²) in [6, 6.07) is 10.4. The summed E-state index contributed by atoms with van der Waals surface area (Å²) >= 11 is 0. The van der Waals surface area contributed by atoms with Crippen molar-refractivity contribution < 1.29 is 4.79 Å². The fourth-order valence-electron chi connectivity index (χ4n) is 2.20. The second kappa shape index (κ2) is 7.01. The van der Waals surface area contributed by atoms with Crippen LogP contribution in [-0.4, -0.2) is 25.2 Å². The first-order valence-electron chi connectivity index (χ1n) is 6.63. The molecule has 0 bridgehead atoms. The third-order valence-corrected chi connectivity index (χ3v) is 3.24. The standard InChI is InChI=1S/C14H21N3O/c18-14(16-10-8-13-7-4-9-15-13)17-11-12-5-2-1-3-6-12/h1-3,5-6,13,15H,4,7-11H2,(H2,16,17,18)/t13-/m1/s1. The van der Waals surface area contributed by atoms with E-state index >= 15 is 0 Å². The van der Waals surface area contributed by atoms with E-state index in [1.807, 2.05) is 30.3 Å². The minimum absolute atomic E-state index is 0.0862. The summed E-state index contributed by atoms with van der Waals surface area (Å²) in [5, 5.41) is 9.16. The topological polar surface area (TPSA) is 53.2 Å². The molecule has 2 rings (SSSR count). The number of rotatable bonds is 5. The normalized spacial score (nSPS) is 18.6. The van der Waals surface area contributed by atoms with Gasteiger partial charge in [0.2, 0.25) is 0 Å². The number of urea groups is 1. The van der Waals surface area contributed by atoms with E-state index in [2.05, 4.69) is 16.0 Å². The van der Waals surface area contributed by atoms with Gasteiger partial charge in [0.25, 0.3) is 0 Å². The molecule has 0 radical (unpaired) electrons. The van der Waals surface area contributed by atoms with Gasteiger partial charge in [0.15, 0.2) is 0 Å². The molecule has 2 amide bonds. The minimum atomic E-state index is -0.0862. The van der Waals surface area contributed by atoms with Gasteiger partial charge in [0.05, 0.1) is 0 Å². The number of nitrogens with one attached hydrogen (secondary N) is 3. The molecule has 4 nitrogen and oxygen atoms in total. The van der Waals surface area contributed by atoms with E-state index in [0.29, 0.717) is 12.6 Å². The number of carbonyl (C=O) groups excluding carboxylic acids is 1. The zero-order valence-corrected chi connectivity index (χ0v) is 10.6. The molecule has 1 fully saturated rings. The van der Waals surface area contributed by atoms with E-state index in [9.17, 15) is 4.79 Å². The number of hydrogen-bond acceptors (Lipinski definition) is 2. The van der Waals surface area contributed by atoms with E-state index in [0.717, 1.165) is 25.1 Å². The lowest BCUT2D eigenvalue weighted by molar-refractivity contribution is 0.240. The van der Waals surface area contributed by atoms with Gasteiger partial charge in [-0.1, -0.05) is 30.3 Å². The molecule has 1 atom stereocenters. The molecule has 1 saturated heterocycles. The molecule has 4 heteroatoms. The van der Waals surface area contributed by atoms with Crippen LogP contribution in [0.2, 0.25) is 0 Å². The van der Waals surface area contributed by atoms with E-state index in [4.69, 9.17) is 0 Å². The van der Waals surface area contributed by atoms with Crippen LogP contribution >= 0.6 is 0 Å². The number of amides is 2. The molecule has 98 valence electrons. The summed E-state index contributed by atoms with van der Waals surface area (Å²) in [6.07, 6.45) is 3.50. The summed E-state index contributed by atoms with van der Waals surface area (Å²) in [6.45, 7) is 2.43. The van der Waals surface area contributed by atoms with Gasteiger partial charge >= 0.3 is 6.03 Å². The molecule has 0 aromatic heterocycles. The monoisotopic (exact) mass is 247 g/mol. The van der Waals surface area contributed by atoms with Crippen LogP contribution in [0.25, 0.3) is 0 Å². The lowest BCUT2D eigenvalue weighted by Gasteiger charge is -2.11. The Bertz CT molecular complexity index is 361. The Hall–Kier alpha value is -1.55. The fourth-order valence-corrected chi connectivity index (χ4v) is 2.20. The van der Waals surface area contributed by atoms with Crippen LogP contribution in [0.1, 0.15) is 24.8 Å². The quantitative estimate of drug-likeness (QED) is 0.740. The van der Waals surface area contributed by atoms with Crippen LogP contribution in [0.4, 0.5) is 4.79 Å². The Morgan fingerprint density at radius 3 is 2.83 bits per heavy atom. The van der Waals surface area contributed by atoms with E-state index in [1.165, 1.54) is 12.8 Å². The summed E-state index contributed by atoms with van der Waals surface area (Å²) < 4.78 is 0. The molecule has 0 spiro atoms. The van der Waals surface area contributed by atoms with Crippen LogP contribution in [0.5, 0.6) is 0 Å². The molecule has 1 aliphatic rings. The maximum atomic E-state index is 11.5. The Balaban J connectivity index is 1.57. The third-order valence-electron chi connectivity index (χ3n) is 3.24. The average molecular weight is 247 g/mol. The van der Waals surface area contributed by atoms with E-state index < -0.39 is 0 Å². The number of hydrogen-bond donors (Lipinski definition) is 3. The second-order valence-electron chi connectivity index (χ2n) is 4.68. The molecule has 1 heterocycles. The average Bonchev–Trinajstić information content (AvgIpc) is 2.91. The van der Waals surface area contributed by atoms with Gasteiger partial charge in [-0.05, 0) is 31.4 Å². The first-order valence-corrected chi connectivity index (χ1v) is 6.63. The lowest BCUT2D eigenvalue weighted by Crippen LogP contribution is -2.37. The van der Waals surface area contributed by atoms with Crippen LogP contribution in [0.15, 0.2) is 30.3 Å². The maximum Gasteiger partial charge on any atom is 0.315 e. The maximum absolute atomic E-state index is 11.5. The summed E-state index contributed by atoms with van der Waals surface area (Å²) in [7, 11) is 0. The van der Waals surface area contributed by atoms with Gasteiger partial charge in [0, 0.05) is 19.1 Å². The van der Waals surface area contributed by atoms with Gasteiger partial charge in [-0.3, -0.25) is 0 Å². The second-order valence-corrected chi connectivity index (χ2v) is 4.68. The van der Waals surface area contributed by atoms with Gasteiger partial charge < -0.3 is 16.0 Å². The number of benzene rings is 1. The summed E-state index contributed by atoms with van der Waals surface area (Å²) in [5.74, 6) is 0. The first kappa shape index (κ1) is 12.9. The number of carbonyl (C=O) groups is 1. The molecule has 0 aliphatic carbocycles. The van der Waals surface area contributed by atoms with Gasteiger partial charge in [-0.25, -0.2) is 4.79 Å². The third kappa shape index (κ3) is 4.37. The minimum Gasteiger partial charge on any atom is -0.338 e. The van der Waals surface area contributed by atoms with Crippen LogP contribution in [0.3, 0.4) is 0 Å². The Morgan fingerprint density at radius 1 is 1.28 bits per heavy atom. The fraction of sp³-hybridized carbons (Fsp3) is 0.500. The van der Waals surface area contributed by atoms with Crippen molar-refractivity contribution in [3.63, 3.8) is 0 Å². The van der Waals surface area contributed by atoms with Crippen molar-refractivity contribution in [1.29, 1.82) is 0 Å². The van der Waals surface area contributed by atoms with Crippen molar-refractivity contribution in [2.45, 2.75) is 31.8 Å². The molecule has 1 aromatic rings. The zero-order chi connectivity index (χ0) is 12.6. The lowest BCUT2D eigenvalue weighted by atomic mass is 10.1. The van der Waals surface area contributed by atoms with Crippen LogP contribution in [0, 0.1) is 0 Å². The smallest absolute Gasteiger partial charge is 0.315 e. The Kier molecular flexibility index (Phi) is 5.02. The summed E-state index contributed by atoms with van der Waals surface area (Å²) in [5.41, 5.74) is 1.12. The molecule has 0 saturated carbocycles. The summed E-state index contributed by atoms with van der Waals surface area (Å²) in [4.78, 5) is 11.5. The molecular weight excluding hydrogens is 226 g/mol. The highest BCUT2D eigenvalue weighted by molar-refractivity contribution is 5.73. The van der Waals surface area contributed by atoms with Gasteiger partial charge in [-0.15, -0.1) is 0 Å². The molecule has 3 N–H and O–H groups in total. The first-order chi connectivity index (χ1) is 8.84. The van der Waals surface area contributed by atoms with Crippen molar-refractivity contribution in [3.8, 4) is 0 Å². The Morgan fingerprint density at radius 2 is 2.11 bits per heavy atom. The van der Waals surface area contributed by atoms with Crippen molar-refractivity contribution >= 4 is 6.03 Å². The van der Waals surface area contributed by atoms with Gasteiger partial charge in [-0.2, -0.15) is 0 Å². The molecule has 1 aromatic carbocycles.